The number of hydrogen-bond acceptors (Lipinski definition) is 8. The molecule has 0 amide bonds. The number of fused-ring (bicyclic) bond motifs is 1. The van der Waals surface area contributed by atoms with Crippen molar-refractivity contribution in [1.82, 2.24) is 24.3 Å². The van der Waals surface area contributed by atoms with E-state index < -0.39 is 0 Å². The molecule has 9 heteroatoms. The Morgan fingerprint density at radius 2 is 1.74 bits per heavy atom. The summed E-state index contributed by atoms with van der Waals surface area (Å²) in [6, 6.07) is 9.20. The molecule has 1 saturated carbocycles. The van der Waals surface area contributed by atoms with Gasteiger partial charge in [-0.2, -0.15) is 14.6 Å². The van der Waals surface area contributed by atoms with E-state index in [4.69, 9.17) is 19.3 Å². The summed E-state index contributed by atoms with van der Waals surface area (Å²) in [7, 11) is 0. The summed E-state index contributed by atoms with van der Waals surface area (Å²) in [6.07, 6.45) is 9.56. The third-order valence-electron chi connectivity index (χ3n) is 7.25. The van der Waals surface area contributed by atoms with Crippen LogP contribution in [0, 0.1) is 6.92 Å². The van der Waals surface area contributed by atoms with Gasteiger partial charge in [-0.15, -0.1) is 0 Å². The van der Waals surface area contributed by atoms with Gasteiger partial charge in [-0.1, -0.05) is 25.0 Å². The molecule has 2 aliphatic rings. The zero-order valence-electron chi connectivity index (χ0n) is 23.6. The van der Waals surface area contributed by atoms with Crippen molar-refractivity contribution in [1.29, 1.82) is 0 Å². The number of carbonyl (C=O) groups excluding carboxylic acids is 2. The maximum Gasteiger partial charge on any atom is 0.373 e. The second-order valence-corrected chi connectivity index (χ2v) is 11.4. The zero-order valence-corrected chi connectivity index (χ0v) is 23.6. The van der Waals surface area contributed by atoms with E-state index in [0.29, 0.717) is 12.0 Å². The van der Waals surface area contributed by atoms with Crippen LogP contribution in [0.4, 0.5) is 11.6 Å². The third kappa shape index (κ3) is 7.46. The van der Waals surface area contributed by atoms with Gasteiger partial charge in [0.1, 0.15) is 11.2 Å². The summed E-state index contributed by atoms with van der Waals surface area (Å²) in [5.41, 5.74) is 4.40. The molecule has 2 aromatic heterocycles. The zero-order chi connectivity index (χ0) is 28.0. The fraction of sp³-hybridized carbons (Fsp3) is 0.500. The predicted molar refractivity (Wildman–Crippen MR) is 151 cm³/mol. The van der Waals surface area contributed by atoms with Gasteiger partial charge in [-0.3, -0.25) is 4.90 Å². The lowest BCUT2D eigenvalue weighted by Gasteiger charge is -2.38. The van der Waals surface area contributed by atoms with Gasteiger partial charge in [0.25, 0.3) is 0 Å². The Morgan fingerprint density at radius 3 is 2.36 bits per heavy atom. The highest BCUT2D eigenvalue weighted by Crippen LogP contribution is 2.33. The van der Waals surface area contributed by atoms with E-state index in [1.54, 1.807) is 0 Å². The highest BCUT2D eigenvalue weighted by Gasteiger charge is 2.22. The van der Waals surface area contributed by atoms with Crippen LogP contribution in [0.25, 0.3) is 11.0 Å². The van der Waals surface area contributed by atoms with Gasteiger partial charge < -0.3 is 19.5 Å². The summed E-state index contributed by atoms with van der Waals surface area (Å²) in [4.78, 5) is 30.5. The van der Waals surface area contributed by atoms with Crippen molar-refractivity contribution in [3.05, 3.63) is 60.2 Å². The molecule has 1 aliphatic heterocycles. The lowest BCUT2D eigenvalue weighted by atomic mass is 10.1. The van der Waals surface area contributed by atoms with Gasteiger partial charge in [0.05, 0.1) is 0 Å². The van der Waals surface area contributed by atoms with Gasteiger partial charge >= 0.3 is 6.15 Å². The third-order valence-corrected chi connectivity index (χ3v) is 7.25. The predicted octanol–water partition coefficient (Wildman–Crippen LogP) is 5.42. The fourth-order valence-corrected chi connectivity index (χ4v) is 5.36. The Labute approximate surface area is 230 Å². The van der Waals surface area contributed by atoms with Crippen molar-refractivity contribution in [3.63, 3.8) is 0 Å². The first kappa shape index (κ1) is 28.3. The van der Waals surface area contributed by atoms with Crippen LogP contribution in [0.2, 0.25) is 0 Å². The van der Waals surface area contributed by atoms with Crippen LogP contribution in [0.5, 0.6) is 0 Å². The normalized spacial score (nSPS) is 16.5. The second kappa shape index (κ2) is 12.5. The monoisotopic (exact) mass is 532 g/mol. The lowest BCUT2D eigenvalue weighted by Crippen LogP contribution is -2.46. The largest absolute Gasteiger partial charge is 0.474 e. The van der Waals surface area contributed by atoms with E-state index in [1.165, 1.54) is 36.8 Å². The lowest BCUT2D eigenvalue weighted by molar-refractivity contribution is -0.191. The number of rotatable bonds is 7. The minimum atomic E-state index is -0.208. The SMILES string of the molecule is C=C(OC(C)(C)C)N1CCN(Cc2ccc(Nc3ncc4c(C)cn(C5CCCC5)c4n3)cc2)CC1.O=C=O. The first-order valence-corrected chi connectivity index (χ1v) is 13.7. The first-order valence-electron chi connectivity index (χ1n) is 13.7. The molecule has 1 aliphatic carbocycles. The quantitative estimate of drug-likeness (QED) is 0.404. The van der Waals surface area contributed by atoms with E-state index >= 15 is 0 Å². The molecular formula is C30H40N6O3. The molecule has 39 heavy (non-hydrogen) atoms. The van der Waals surface area contributed by atoms with Gasteiger partial charge in [0, 0.05) is 62.2 Å². The molecule has 2 fully saturated rings. The number of nitrogens with one attached hydrogen (secondary N) is 1. The highest BCUT2D eigenvalue weighted by atomic mass is 16.5. The van der Waals surface area contributed by atoms with Gasteiger partial charge in [0.2, 0.25) is 5.95 Å². The van der Waals surface area contributed by atoms with E-state index in [9.17, 15) is 0 Å². The minimum absolute atomic E-state index is 0.208. The van der Waals surface area contributed by atoms with E-state index in [-0.39, 0.29) is 11.8 Å². The smallest absolute Gasteiger partial charge is 0.373 e. The molecular weight excluding hydrogens is 492 g/mol. The van der Waals surface area contributed by atoms with Crippen molar-refractivity contribution < 1.29 is 14.3 Å². The van der Waals surface area contributed by atoms with Crippen molar-refractivity contribution in [2.75, 3.05) is 31.5 Å². The van der Waals surface area contributed by atoms with E-state index in [0.717, 1.165) is 55.3 Å². The van der Waals surface area contributed by atoms with Crippen molar-refractivity contribution in [2.45, 2.75) is 71.6 Å². The number of ether oxygens (including phenoxy) is 1. The summed E-state index contributed by atoms with van der Waals surface area (Å²) >= 11 is 0. The molecule has 3 heterocycles. The van der Waals surface area contributed by atoms with Crippen molar-refractivity contribution in [3.8, 4) is 0 Å². The Morgan fingerprint density at radius 1 is 1.10 bits per heavy atom. The van der Waals surface area contributed by atoms with Crippen LogP contribution >= 0.6 is 0 Å². The standard InChI is InChI=1S/C29H40N6O.CO2/c1-21-19-35(25-8-6-7-9-25)27-26(21)18-30-28(32-27)31-24-12-10-23(11-13-24)20-33-14-16-34(17-15-33)22(2)36-29(3,4)5;2-1-3/h10-13,18-19,25H,2,6-9,14-17,20H2,1,3-5H3,(H,30,31,32);. The summed E-state index contributed by atoms with van der Waals surface area (Å²) < 4.78 is 8.32. The summed E-state index contributed by atoms with van der Waals surface area (Å²) in [6.45, 7) is 17.3. The topological polar surface area (TPSA) is 92.6 Å². The number of benzene rings is 1. The summed E-state index contributed by atoms with van der Waals surface area (Å²) in [5.74, 6) is 1.44. The maximum absolute atomic E-state index is 8.12. The number of piperazine rings is 1. The molecule has 208 valence electrons. The Balaban J connectivity index is 0.00000112. The van der Waals surface area contributed by atoms with Crippen LogP contribution < -0.4 is 5.32 Å². The van der Waals surface area contributed by atoms with Crippen LogP contribution in [-0.4, -0.2) is 62.3 Å². The van der Waals surface area contributed by atoms with E-state index in [2.05, 4.69) is 89.4 Å². The number of hydrogen-bond donors (Lipinski definition) is 1. The molecule has 0 radical (unpaired) electrons. The first-order chi connectivity index (χ1) is 18.7. The van der Waals surface area contributed by atoms with Crippen LogP contribution in [0.1, 0.15) is 63.6 Å². The van der Waals surface area contributed by atoms with Crippen LogP contribution in [-0.2, 0) is 20.9 Å². The molecule has 1 aromatic carbocycles. The molecule has 1 N–H and O–H groups in total. The average Bonchev–Trinajstić information content (AvgIpc) is 3.53. The van der Waals surface area contributed by atoms with Crippen LogP contribution in [0.3, 0.4) is 0 Å². The van der Waals surface area contributed by atoms with Crippen molar-refractivity contribution >= 4 is 28.8 Å². The number of nitrogens with zero attached hydrogens (tertiary/aromatic N) is 5. The molecule has 5 rings (SSSR count). The van der Waals surface area contributed by atoms with Gasteiger partial charge in [0.15, 0.2) is 5.88 Å². The molecule has 0 spiro atoms. The molecule has 9 nitrogen and oxygen atoms in total. The molecule has 0 bridgehead atoms. The fourth-order valence-electron chi connectivity index (χ4n) is 5.36. The van der Waals surface area contributed by atoms with Crippen LogP contribution in [0.15, 0.2) is 49.1 Å². The molecule has 0 atom stereocenters. The summed E-state index contributed by atoms with van der Waals surface area (Å²) in [5, 5.41) is 4.56. The molecule has 0 unspecified atom stereocenters. The highest BCUT2D eigenvalue weighted by molar-refractivity contribution is 5.81. The van der Waals surface area contributed by atoms with E-state index in [1.807, 2.05) is 6.20 Å². The number of anilines is 2. The van der Waals surface area contributed by atoms with Gasteiger partial charge in [-0.25, -0.2) is 4.98 Å². The average molecular weight is 533 g/mol. The number of aromatic nitrogens is 3. The molecule has 3 aromatic rings. The Bertz CT molecular complexity index is 1290. The number of aryl methyl sites for hydroxylation is 1. The minimum Gasteiger partial charge on any atom is -0.474 e. The Hall–Kier alpha value is -3.68. The maximum atomic E-state index is 8.12. The Kier molecular flexibility index (Phi) is 9.04. The van der Waals surface area contributed by atoms with Gasteiger partial charge in [-0.05, 0) is 70.4 Å². The molecule has 1 saturated heterocycles. The van der Waals surface area contributed by atoms with Crippen molar-refractivity contribution in [2.24, 2.45) is 0 Å². The second-order valence-electron chi connectivity index (χ2n) is 11.4.